The molecular weight excluding hydrogens is 198 g/mol. The predicted octanol–water partition coefficient (Wildman–Crippen LogP) is 2.06. The number of allylic oxidation sites excluding steroid dienone is 1. The molecule has 84 valence electrons. The van der Waals surface area contributed by atoms with Crippen LogP contribution in [0.5, 0.6) is 0 Å². The standard InChI is InChI=1S/C14H17NO/c1-2-13(16)14(8-10-15-11-9-14)12-6-4-3-5-7-12/h2-7,15H,1,8-11H2. The van der Waals surface area contributed by atoms with Crippen molar-refractivity contribution in [2.24, 2.45) is 0 Å². The summed E-state index contributed by atoms with van der Waals surface area (Å²) in [5.74, 6) is 0.153. The number of carbonyl (C=O) groups is 1. The Morgan fingerprint density at radius 2 is 1.88 bits per heavy atom. The van der Waals surface area contributed by atoms with E-state index in [0.717, 1.165) is 31.5 Å². The number of rotatable bonds is 3. The Morgan fingerprint density at radius 1 is 1.25 bits per heavy atom. The minimum Gasteiger partial charge on any atom is -0.317 e. The highest BCUT2D eigenvalue weighted by atomic mass is 16.1. The van der Waals surface area contributed by atoms with E-state index in [2.05, 4.69) is 11.9 Å². The Bertz CT molecular complexity index is 377. The molecule has 0 bridgehead atoms. The summed E-state index contributed by atoms with van der Waals surface area (Å²) in [5, 5.41) is 3.30. The van der Waals surface area contributed by atoms with Crippen molar-refractivity contribution in [3.8, 4) is 0 Å². The fraction of sp³-hybridized carbons (Fsp3) is 0.357. The van der Waals surface area contributed by atoms with Crippen LogP contribution in [0.25, 0.3) is 0 Å². The van der Waals surface area contributed by atoms with Crippen molar-refractivity contribution in [1.29, 1.82) is 0 Å². The lowest BCUT2D eigenvalue weighted by Gasteiger charge is -2.35. The van der Waals surface area contributed by atoms with Crippen LogP contribution >= 0.6 is 0 Å². The van der Waals surface area contributed by atoms with Gasteiger partial charge in [-0.3, -0.25) is 4.79 Å². The monoisotopic (exact) mass is 215 g/mol. The van der Waals surface area contributed by atoms with Gasteiger partial charge >= 0.3 is 0 Å². The van der Waals surface area contributed by atoms with Gasteiger partial charge in [-0.2, -0.15) is 0 Å². The molecule has 1 fully saturated rings. The van der Waals surface area contributed by atoms with Crippen LogP contribution in [0.2, 0.25) is 0 Å². The fourth-order valence-corrected chi connectivity index (χ4v) is 2.48. The minimum atomic E-state index is -0.339. The molecule has 0 aliphatic carbocycles. The number of hydrogen-bond donors (Lipinski definition) is 1. The van der Waals surface area contributed by atoms with Gasteiger partial charge in [0.1, 0.15) is 0 Å². The lowest BCUT2D eigenvalue weighted by Crippen LogP contribution is -2.44. The Morgan fingerprint density at radius 3 is 2.44 bits per heavy atom. The zero-order valence-electron chi connectivity index (χ0n) is 9.41. The van der Waals surface area contributed by atoms with Crippen LogP contribution in [0.15, 0.2) is 43.0 Å². The second-order valence-corrected chi connectivity index (χ2v) is 4.27. The Kier molecular flexibility index (Phi) is 3.20. The molecule has 1 aliphatic heterocycles. The van der Waals surface area contributed by atoms with E-state index < -0.39 is 0 Å². The van der Waals surface area contributed by atoms with Crippen LogP contribution in [-0.4, -0.2) is 18.9 Å². The molecule has 1 aromatic rings. The topological polar surface area (TPSA) is 29.1 Å². The average molecular weight is 215 g/mol. The second kappa shape index (κ2) is 4.62. The normalized spacial score (nSPS) is 19.0. The molecule has 2 rings (SSSR count). The molecule has 1 aliphatic rings. The average Bonchev–Trinajstić information content (AvgIpc) is 2.39. The number of hydrogen-bond acceptors (Lipinski definition) is 2. The van der Waals surface area contributed by atoms with E-state index in [-0.39, 0.29) is 11.2 Å². The Hall–Kier alpha value is -1.41. The lowest BCUT2D eigenvalue weighted by atomic mass is 9.70. The van der Waals surface area contributed by atoms with E-state index in [0.29, 0.717) is 0 Å². The van der Waals surface area contributed by atoms with Gasteiger partial charge in [0.15, 0.2) is 5.78 Å². The van der Waals surface area contributed by atoms with Gasteiger partial charge < -0.3 is 5.32 Å². The van der Waals surface area contributed by atoms with Crippen LogP contribution in [0.1, 0.15) is 18.4 Å². The van der Waals surface area contributed by atoms with Gasteiger partial charge in [0.25, 0.3) is 0 Å². The van der Waals surface area contributed by atoms with Crippen molar-refractivity contribution in [3.63, 3.8) is 0 Å². The molecule has 1 aromatic carbocycles. The van der Waals surface area contributed by atoms with Crippen LogP contribution in [-0.2, 0) is 10.2 Å². The van der Waals surface area contributed by atoms with Crippen molar-refractivity contribution in [2.75, 3.05) is 13.1 Å². The van der Waals surface area contributed by atoms with E-state index in [1.807, 2.05) is 30.3 Å². The minimum absolute atomic E-state index is 0.153. The van der Waals surface area contributed by atoms with E-state index in [4.69, 9.17) is 0 Å². The summed E-state index contributed by atoms with van der Waals surface area (Å²) in [5.41, 5.74) is 0.787. The third-order valence-electron chi connectivity index (χ3n) is 3.44. The zero-order valence-corrected chi connectivity index (χ0v) is 9.41. The van der Waals surface area contributed by atoms with E-state index in [1.165, 1.54) is 6.08 Å². The number of carbonyl (C=O) groups excluding carboxylic acids is 1. The lowest BCUT2D eigenvalue weighted by molar-refractivity contribution is -0.120. The molecule has 0 amide bonds. The fourth-order valence-electron chi connectivity index (χ4n) is 2.48. The molecule has 0 spiro atoms. The van der Waals surface area contributed by atoms with Crippen molar-refractivity contribution < 1.29 is 4.79 Å². The number of benzene rings is 1. The SMILES string of the molecule is C=CC(=O)C1(c2ccccc2)CCNCC1. The summed E-state index contributed by atoms with van der Waals surface area (Å²) in [6.07, 6.45) is 3.20. The number of ketones is 1. The molecule has 2 nitrogen and oxygen atoms in total. The van der Waals surface area contributed by atoms with Crippen molar-refractivity contribution >= 4 is 5.78 Å². The first-order chi connectivity index (χ1) is 7.79. The summed E-state index contributed by atoms with van der Waals surface area (Å²) in [7, 11) is 0. The van der Waals surface area contributed by atoms with Gasteiger partial charge in [-0.15, -0.1) is 0 Å². The first kappa shape index (κ1) is 11.1. The van der Waals surface area contributed by atoms with Crippen LogP contribution in [0, 0.1) is 0 Å². The summed E-state index contributed by atoms with van der Waals surface area (Å²) in [4.78, 5) is 12.1. The molecule has 1 saturated heterocycles. The largest absolute Gasteiger partial charge is 0.317 e. The van der Waals surface area contributed by atoms with Gasteiger partial charge in [0.05, 0.1) is 5.41 Å². The summed E-state index contributed by atoms with van der Waals surface area (Å²) >= 11 is 0. The molecule has 0 atom stereocenters. The first-order valence-corrected chi connectivity index (χ1v) is 5.73. The van der Waals surface area contributed by atoms with Crippen molar-refractivity contribution in [2.45, 2.75) is 18.3 Å². The molecule has 0 radical (unpaired) electrons. The van der Waals surface area contributed by atoms with Crippen molar-refractivity contribution in [1.82, 2.24) is 5.32 Å². The maximum Gasteiger partial charge on any atom is 0.165 e. The van der Waals surface area contributed by atoms with Gasteiger partial charge in [-0.05, 0) is 37.6 Å². The van der Waals surface area contributed by atoms with Crippen LogP contribution in [0.3, 0.4) is 0 Å². The summed E-state index contributed by atoms with van der Waals surface area (Å²) in [6.45, 7) is 5.43. The molecule has 0 unspecified atom stereocenters. The van der Waals surface area contributed by atoms with Crippen molar-refractivity contribution in [3.05, 3.63) is 48.6 Å². The maximum absolute atomic E-state index is 12.1. The molecule has 2 heteroatoms. The highest BCUT2D eigenvalue weighted by Gasteiger charge is 2.38. The van der Waals surface area contributed by atoms with Gasteiger partial charge in [-0.25, -0.2) is 0 Å². The van der Waals surface area contributed by atoms with Gasteiger partial charge in [0, 0.05) is 0 Å². The van der Waals surface area contributed by atoms with Crippen LogP contribution in [0.4, 0.5) is 0 Å². The summed E-state index contributed by atoms with van der Waals surface area (Å²) in [6, 6.07) is 10.1. The second-order valence-electron chi connectivity index (χ2n) is 4.27. The smallest absolute Gasteiger partial charge is 0.165 e. The third-order valence-corrected chi connectivity index (χ3v) is 3.44. The maximum atomic E-state index is 12.1. The van der Waals surface area contributed by atoms with Gasteiger partial charge in [-0.1, -0.05) is 36.9 Å². The third kappa shape index (κ3) is 1.81. The highest BCUT2D eigenvalue weighted by molar-refractivity contribution is 5.98. The highest BCUT2D eigenvalue weighted by Crippen LogP contribution is 2.34. The Labute approximate surface area is 96.4 Å². The van der Waals surface area contributed by atoms with E-state index >= 15 is 0 Å². The predicted molar refractivity (Wildman–Crippen MR) is 65.4 cm³/mol. The van der Waals surface area contributed by atoms with Gasteiger partial charge in [0.2, 0.25) is 0 Å². The molecule has 16 heavy (non-hydrogen) atoms. The molecular formula is C14H17NO. The van der Waals surface area contributed by atoms with E-state index in [9.17, 15) is 4.79 Å². The Balaban J connectivity index is 2.41. The molecule has 1 N–H and O–H groups in total. The quantitative estimate of drug-likeness (QED) is 0.782. The number of nitrogens with one attached hydrogen (secondary N) is 1. The van der Waals surface area contributed by atoms with E-state index in [1.54, 1.807) is 0 Å². The molecule has 0 saturated carbocycles. The first-order valence-electron chi connectivity index (χ1n) is 5.73. The summed E-state index contributed by atoms with van der Waals surface area (Å²) < 4.78 is 0. The molecule has 0 aromatic heterocycles. The molecule has 1 heterocycles. The zero-order chi connectivity index (χ0) is 11.4. The number of piperidine rings is 1. The van der Waals surface area contributed by atoms with Crippen LogP contribution < -0.4 is 5.32 Å².